The highest BCUT2D eigenvalue weighted by atomic mass is 35.5. The van der Waals surface area contributed by atoms with Gasteiger partial charge in [-0.05, 0) is 0 Å². The van der Waals surface area contributed by atoms with Crippen LogP contribution in [0, 0.1) is 0 Å². The maximum Gasteiger partial charge on any atom is 0.347 e. The molecule has 110 valence electrons. The van der Waals surface area contributed by atoms with Gasteiger partial charge in [0.25, 0.3) is 0 Å². The van der Waals surface area contributed by atoms with Gasteiger partial charge in [-0.1, -0.05) is 18.5 Å². The molecule has 1 atom stereocenters. The van der Waals surface area contributed by atoms with Crippen LogP contribution in [-0.4, -0.2) is 31.8 Å². The Labute approximate surface area is 128 Å². The van der Waals surface area contributed by atoms with E-state index in [9.17, 15) is 9.59 Å². The molecular formula is C12H11ClN4O3S. The number of ketones is 1. The van der Waals surface area contributed by atoms with Gasteiger partial charge in [0.05, 0.1) is 11.2 Å². The molecule has 0 spiro atoms. The van der Waals surface area contributed by atoms with Gasteiger partial charge < -0.3 is 10.8 Å². The Balaban J connectivity index is 2.14. The summed E-state index contributed by atoms with van der Waals surface area (Å²) >= 11 is 6.94. The van der Waals surface area contributed by atoms with Crippen LogP contribution in [-0.2, 0) is 0 Å². The van der Waals surface area contributed by atoms with Crippen LogP contribution in [0.1, 0.15) is 44.4 Å². The van der Waals surface area contributed by atoms with Crippen molar-refractivity contribution >= 4 is 40.5 Å². The van der Waals surface area contributed by atoms with E-state index in [-0.39, 0.29) is 39.5 Å². The van der Waals surface area contributed by atoms with Gasteiger partial charge in [-0.25, -0.2) is 19.7 Å². The Hall–Kier alpha value is -2.06. The molecule has 0 fully saturated rings. The van der Waals surface area contributed by atoms with Crippen LogP contribution >= 0.6 is 22.9 Å². The molecule has 0 aliphatic rings. The van der Waals surface area contributed by atoms with Gasteiger partial charge in [0.15, 0.2) is 5.78 Å². The van der Waals surface area contributed by atoms with Crippen molar-refractivity contribution in [1.82, 2.24) is 15.0 Å². The number of nitrogen functional groups attached to an aromatic ring is 1. The van der Waals surface area contributed by atoms with Crippen molar-refractivity contribution in [1.29, 1.82) is 0 Å². The minimum absolute atomic E-state index is 0.0278. The summed E-state index contributed by atoms with van der Waals surface area (Å²) in [4.78, 5) is 34.7. The van der Waals surface area contributed by atoms with Crippen molar-refractivity contribution in [2.45, 2.75) is 19.3 Å². The number of aromatic carboxylic acids is 1. The van der Waals surface area contributed by atoms with Crippen molar-refractivity contribution in [3.8, 4) is 0 Å². The predicted molar refractivity (Wildman–Crippen MR) is 77.9 cm³/mol. The maximum atomic E-state index is 12.2. The van der Waals surface area contributed by atoms with Gasteiger partial charge in [-0.2, -0.15) is 0 Å². The van der Waals surface area contributed by atoms with E-state index in [1.807, 2.05) is 0 Å². The van der Waals surface area contributed by atoms with E-state index < -0.39 is 5.97 Å². The molecule has 0 bridgehead atoms. The summed E-state index contributed by atoms with van der Waals surface area (Å²) in [5.74, 6) is -1.54. The first kappa shape index (κ1) is 15.3. The van der Waals surface area contributed by atoms with Gasteiger partial charge in [0, 0.05) is 12.3 Å². The number of nitrogens with zero attached hydrogens (tertiary/aromatic N) is 3. The monoisotopic (exact) mass is 326 g/mol. The second-order valence-corrected chi connectivity index (χ2v) is 5.76. The number of nitrogens with two attached hydrogens (primary N) is 1. The number of carbonyl (C=O) groups is 2. The van der Waals surface area contributed by atoms with Gasteiger partial charge in [0.2, 0.25) is 0 Å². The Kier molecular flexibility index (Phi) is 4.49. The summed E-state index contributed by atoms with van der Waals surface area (Å²) in [5.41, 5.74) is 5.59. The van der Waals surface area contributed by atoms with E-state index >= 15 is 0 Å². The summed E-state index contributed by atoms with van der Waals surface area (Å²) in [6, 6.07) is 0. The molecule has 0 aliphatic heterocycles. The van der Waals surface area contributed by atoms with Gasteiger partial charge in [-0.3, -0.25) is 4.79 Å². The Morgan fingerprint density at radius 1 is 1.43 bits per heavy atom. The van der Waals surface area contributed by atoms with Crippen LogP contribution < -0.4 is 5.73 Å². The molecule has 2 heterocycles. The third kappa shape index (κ3) is 3.34. The Morgan fingerprint density at radius 3 is 2.76 bits per heavy atom. The fourth-order valence-electron chi connectivity index (χ4n) is 1.65. The number of thiazole rings is 1. The number of halogens is 1. The van der Waals surface area contributed by atoms with Crippen molar-refractivity contribution in [2.24, 2.45) is 0 Å². The number of carbonyl (C=O) groups excluding carboxylic acids is 1. The van der Waals surface area contributed by atoms with Crippen molar-refractivity contribution in [2.75, 3.05) is 5.73 Å². The van der Waals surface area contributed by atoms with Crippen LogP contribution in [0.2, 0.25) is 5.02 Å². The van der Waals surface area contributed by atoms with Gasteiger partial charge in [0.1, 0.15) is 27.7 Å². The summed E-state index contributed by atoms with van der Waals surface area (Å²) in [7, 11) is 0. The minimum atomic E-state index is -1.04. The zero-order valence-corrected chi connectivity index (χ0v) is 12.5. The maximum absolute atomic E-state index is 12.2. The van der Waals surface area contributed by atoms with Gasteiger partial charge in [-0.15, -0.1) is 11.3 Å². The molecule has 0 saturated carbocycles. The largest absolute Gasteiger partial charge is 0.477 e. The number of hydrogen-bond donors (Lipinski definition) is 2. The average molecular weight is 327 g/mol. The molecule has 0 amide bonds. The number of carboxylic acid groups (broad SMARTS) is 1. The fraction of sp³-hybridized carbons (Fsp3) is 0.250. The van der Waals surface area contributed by atoms with E-state index in [2.05, 4.69) is 15.0 Å². The zero-order chi connectivity index (χ0) is 15.6. The van der Waals surface area contributed by atoms with Crippen molar-refractivity contribution in [3.63, 3.8) is 0 Å². The molecular weight excluding hydrogens is 316 g/mol. The Bertz CT molecular complexity index is 704. The number of carboxylic acids is 1. The third-order valence-corrected chi connectivity index (χ3v) is 4.32. The van der Waals surface area contributed by atoms with E-state index in [1.54, 1.807) is 6.92 Å². The quantitative estimate of drug-likeness (QED) is 0.808. The van der Waals surface area contributed by atoms with Gasteiger partial charge >= 0.3 is 5.97 Å². The molecule has 0 radical (unpaired) electrons. The molecule has 7 nitrogen and oxygen atoms in total. The molecule has 9 heteroatoms. The zero-order valence-electron chi connectivity index (χ0n) is 10.9. The molecule has 2 aromatic heterocycles. The lowest BCUT2D eigenvalue weighted by molar-refractivity contribution is 0.0701. The average Bonchev–Trinajstić information content (AvgIpc) is 2.91. The lowest BCUT2D eigenvalue weighted by Gasteiger charge is -2.08. The molecule has 2 rings (SSSR count). The van der Waals surface area contributed by atoms with Crippen LogP contribution in [0.4, 0.5) is 5.82 Å². The second kappa shape index (κ2) is 6.15. The number of Topliss-reactive ketones (excluding diaryl/α,β-unsaturated/α-hetero) is 1. The van der Waals surface area contributed by atoms with Crippen LogP contribution in [0.25, 0.3) is 0 Å². The first-order valence-corrected chi connectivity index (χ1v) is 7.07. The molecule has 3 N–H and O–H groups in total. The van der Waals surface area contributed by atoms with Crippen LogP contribution in [0.15, 0.2) is 12.5 Å². The number of rotatable bonds is 5. The molecule has 1 unspecified atom stereocenters. The lowest BCUT2D eigenvalue weighted by atomic mass is 10.0. The topological polar surface area (TPSA) is 119 Å². The predicted octanol–water partition coefficient (Wildman–Crippen LogP) is 2.24. The SMILES string of the molecule is CC(CC(=O)c1ncnc(N)c1Cl)c1ncc(C(=O)O)s1. The fourth-order valence-corrected chi connectivity index (χ4v) is 2.67. The van der Waals surface area contributed by atoms with Crippen molar-refractivity contribution in [3.05, 3.63) is 33.1 Å². The standard InChI is InChI=1S/C12H11ClN4O3S/c1-5(11-15-3-7(21-11)12(19)20)2-6(18)9-8(13)10(14)17-4-16-9/h3-5H,2H2,1H3,(H,19,20)(H2,14,16,17). The molecule has 0 aliphatic carbocycles. The summed E-state index contributed by atoms with van der Waals surface area (Å²) < 4.78 is 0. The smallest absolute Gasteiger partial charge is 0.347 e. The molecule has 0 saturated heterocycles. The highest BCUT2D eigenvalue weighted by Gasteiger charge is 2.21. The van der Waals surface area contributed by atoms with Crippen molar-refractivity contribution < 1.29 is 14.7 Å². The van der Waals surface area contributed by atoms with E-state index in [4.69, 9.17) is 22.4 Å². The summed E-state index contributed by atoms with van der Waals surface area (Å²) in [6.45, 7) is 1.78. The summed E-state index contributed by atoms with van der Waals surface area (Å²) in [6.07, 6.45) is 2.55. The van der Waals surface area contributed by atoms with E-state index in [0.717, 1.165) is 11.3 Å². The third-order valence-electron chi connectivity index (χ3n) is 2.73. The molecule has 2 aromatic rings. The van der Waals surface area contributed by atoms with E-state index in [1.165, 1.54) is 12.5 Å². The highest BCUT2D eigenvalue weighted by molar-refractivity contribution is 7.13. The Morgan fingerprint density at radius 2 is 2.14 bits per heavy atom. The van der Waals surface area contributed by atoms with Crippen LogP contribution in [0.3, 0.4) is 0 Å². The normalized spacial score (nSPS) is 12.1. The lowest BCUT2D eigenvalue weighted by Crippen LogP contribution is -2.09. The van der Waals surface area contributed by atoms with E-state index in [0.29, 0.717) is 5.01 Å². The number of hydrogen-bond acceptors (Lipinski definition) is 7. The highest BCUT2D eigenvalue weighted by Crippen LogP contribution is 2.27. The first-order valence-electron chi connectivity index (χ1n) is 5.88. The number of anilines is 1. The molecule has 0 aromatic carbocycles. The molecule has 21 heavy (non-hydrogen) atoms. The first-order chi connectivity index (χ1) is 9.90. The second-order valence-electron chi connectivity index (χ2n) is 4.32. The van der Waals surface area contributed by atoms with Crippen LogP contribution in [0.5, 0.6) is 0 Å². The number of aromatic nitrogens is 3. The summed E-state index contributed by atoms with van der Waals surface area (Å²) in [5, 5.41) is 9.46. The minimum Gasteiger partial charge on any atom is -0.477 e.